The average molecular weight is 503 g/mol. The van der Waals surface area contributed by atoms with E-state index in [2.05, 4.69) is 10.3 Å². The number of hydrogen-bond acceptors (Lipinski definition) is 6. The standard InChI is InChI=1S/C27H23FN4O3S/c1-35-19-13-11-17(12-14-19)22-15-23(18-7-3-2-4-8-18)32(31-22)27-30-26(34)24(36-27)16-25(33)29-21-10-6-5-9-20(21)28/h2-14,23-24H,15-16H2,1H3,(H,29,33). The lowest BCUT2D eigenvalue weighted by molar-refractivity contribution is -0.121. The van der Waals surface area contributed by atoms with Crippen LogP contribution in [-0.2, 0) is 9.59 Å². The molecule has 2 amide bonds. The maximum absolute atomic E-state index is 13.9. The van der Waals surface area contributed by atoms with Gasteiger partial charge in [-0.15, -0.1) is 0 Å². The number of halogens is 1. The molecule has 0 spiro atoms. The molecule has 7 nitrogen and oxygen atoms in total. The lowest BCUT2D eigenvalue weighted by Gasteiger charge is -2.23. The van der Waals surface area contributed by atoms with Gasteiger partial charge in [0.1, 0.15) is 16.8 Å². The van der Waals surface area contributed by atoms with Crippen LogP contribution in [0.25, 0.3) is 0 Å². The topological polar surface area (TPSA) is 83.4 Å². The number of hydrogen-bond donors (Lipinski definition) is 1. The smallest absolute Gasteiger partial charge is 0.262 e. The summed E-state index contributed by atoms with van der Waals surface area (Å²) >= 11 is 1.21. The SMILES string of the molecule is COc1ccc(C2=NN(C3=NC(=O)C(CC(=O)Nc4ccccc4F)S3)C(c3ccccc3)C2)cc1. The van der Waals surface area contributed by atoms with Gasteiger partial charge >= 0.3 is 0 Å². The number of amides is 2. The molecule has 36 heavy (non-hydrogen) atoms. The van der Waals surface area contributed by atoms with Gasteiger partial charge in [0, 0.05) is 12.8 Å². The lowest BCUT2D eigenvalue weighted by atomic mass is 9.98. The summed E-state index contributed by atoms with van der Waals surface area (Å²) < 4.78 is 19.2. The van der Waals surface area contributed by atoms with Crippen molar-refractivity contribution in [3.63, 3.8) is 0 Å². The molecule has 3 aromatic rings. The minimum Gasteiger partial charge on any atom is -0.497 e. The summed E-state index contributed by atoms with van der Waals surface area (Å²) in [5, 5.41) is 8.88. The summed E-state index contributed by atoms with van der Waals surface area (Å²) in [5.41, 5.74) is 2.94. The molecular formula is C27H23FN4O3S. The Morgan fingerprint density at radius 2 is 1.81 bits per heavy atom. The zero-order valence-electron chi connectivity index (χ0n) is 19.4. The zero-order chi connectivity index (χ0) is 25.1. The molecule has 0 aliphatic carbocycles. The zero-order valence-corrected chi connectivity index (χ0v) is 20.2. The number of aliphatic imine (C=N–C) groups is 1. The van der Waals surface area contributed by atoms with E-state index in [0.717, 1.165) is 22.6 Å². The molecular weight excluding hydrogens is 479 g/mol. The number of thioether (sulfide) groups is 1. The van der Waals surface area contributed by atoms with E-state index in [1.807, 2.05) is 54.6 Å². The van der Waals surface area contributed by atoms with Gasteiger partial charge in [-0.25, -0.2) is 9.40 Å². The molecule has 2 aliphatic heterocycles. The molecule has 0 saturated carbocycles. The first kappa shape index (κ1) is 23.7. The van der Waals surface area contributed by atoms with Gasteiger partial charge in [0.05, 0.1) is 24.6 Å². The predicted molar refractivity (Wildman–Crippen MR) is 139 cm³/mol. The van der Waals surface area contributed by atoms with Gasteiger partial charge in [-0.3, -0.25) is 9.59 Å². The highest BCUT2D eigenvalue weighted by Gasteiger charge is 2.39. The second kappa shape index (κ2) is 10.3. The van der Waals surface area contributed by atoms with Crippen LogP contribution in [0, 0.1) is 5.82 Å². The molecule has 0 bridgehead atoms. The highest BCUT2D eigenvalue weighted by Crippen LogP contribution is 2.38. The molecule has 2 unspecified atom stereocenters. The Bertz CT molecular complexity index is 1340. The van der Waals surface area contributed by atoms with E-state index in [-0.39, 0.29) is 18.2 Å². The van der Waals surface area contributed by atoms with E-state index < -0.39 is 22.9 Å². The van der Waals surface area contributed by atoms with Crippen molar-refractivity contribution in [3.05, 3.63) is 95.8 Å². The third-order valence-corrected chi connectivity index (χ3v) is 7.10. The van der Waals surface area contributed by atoms with Crippen molar-refractivity contribution in [2.24, 2.45) is 10.1 Å². The Morgan fingerprint density at radius 3 is 2.53 bits per heavy atom. The second-order valence-electron chi connectivity index (χ2n) is 8.32. The first-order valence-electron chi connectivity index (χ1n) is 11.4. The van der Waals surface area contributed by atoms with Crippen LogP contribution in [0.5, 0.6) is 5.75 Å². The molecule has 0 aromatic heterocycles. The highest BCUT2D eigenvalue weighted by atomic mass is 32.2. The van der Waals surface area contributed by atoms with Crippen molar-refractivity contribution in [2.45, 2.75) is 24.1 Å². The van der Waals surface area contributed by atoms with E-state index in [0.29, 0.717) is 11.6 Å². The summed E-state index contributed by atoms with van der Waals surface area (Å²) in [7, 11) is 1.62. The minimum absolute atomic E-state index is 0.0801. The van der Waals surface area contributed by atoms with E-state index >= 15 is 0 Å². The van der Waals surface area contributed by atoms with E-state index in [1.165, 1.54) is 23.9 Å². The number of amidine groups is 1. The molecule has 5 rings (SSSR count). The summed E-state index contributed by atoms with van der Waals surface area (Å²) in [5.74, 6) is -0.632. The Labute approximate surface area is 212 Å². The molecule has 0 radical (unpaired) electrons. The number of rotatable bonds is 6. The fraction of sp³-hybridized carbons (Fsp3) is 0.185. The molecule has 3 aromatic carbocycles. The normalized spacial score (nSPS) is 19.2. The molecule has 9 heteroatoms. The molecule has 2 atom stereocenters. The summed E-state index contributed by atoms with van der Waals surface area (Å²) in [6, 6.07) is 23.3. The van der Waals surface area contributed by atoms with Crippen LogP contribution in [0.1, 0.15) is 30.0 Å². The molecule has 2 heterocycles. The molecule has 182 valence electrons. The van der Waals surface area contributed by atoms with Gasteiger partial charge in [-0.2, -0.15) is 10.1 Å². The van der Waals surface area contributed by atoms with Gasteiger partial charge in [-0.1, -0.05) is 54.2 Å². The van der Waals surface area contributed by atoms with Crippen LogP contribution in [0.15, 0.2) is 89.0 Å². The van der Waals surface area contributed by atoms with Gasteiger partial charge in [0.2, 0.25) is 5.91 Å². The number of hydrazone groups is 1. The van der Waals surface area contributed by atoms with Gasteiger partial charge < -0.3 is 10.1 Å². The number of nitrogens with zero attached hydrogens (tertiary/aromatic N) is 3. The van der Waals surface area contributed by atoms with Crippen molar-refractivity contribution < 1.29 is 18.7 Å². The van der Waals surface area contributed by atoms with E-state index in [1.54, 1.807) is 24.3 Å². The molecule has 1 N–H and O–H groups in total. The minimum atomic E-state index is -0.705. The van der Waals surface area contributed by atoms with Gasteiger partial charge in [0.25, 0.3) is 5.91 Å². The summed E-state index contributed by atoms with van der Waals surface area (Å²) in [6.45, 7) is 0. The second-order valence-corrected chi connectivity index (χ2v) is 9.49. The maximum Gasteiger partial charge on any atom is 0.262 e. The van der Waals surface area contributed by atoms with Crippen LogP contribution in [0.4, 0.5) is 10.1 Å². The van der Waals surface area contributed by atoms with Crippen molar-refractivity contribution in [1.82, 2.24) is 5.01 Å². The van der Waals surface area contributed by atoms with Crippen molar-refractivity contribution in [1.29, 1.82) is 0 Å². The molecule has 2 aliphatic rings. The summed E-state index contributed by atoms with van der Waals surface area (Å²) in [4.78, 5) is 29.5. The quantitative estimate of drug-likeness (QED) is 0.512. The number of benzene rings is 3. The Balaban J connectivity index is 1.35. The number of carbonyl (C=O) groups excluding carboxylic acids is 2. The van der Waals surface area contributed by atoms with Crippen LogP contribution in [0.3, 0.4) is 0 Å². The molecule has 0 saturated heterocycles. The number of para-hydroxylation sites is 1. The predicted octanol–water partition coefficient (Wildman–Crippen LogP) is 5.01. The number of nitrogens with one attached hydrogen (secondary N) is 1. The number of methoxy groups -OCH3 is 1. The van der Waals surface area contributed by atoms with Crippen LogP contribution in [-0.4, -0.2) is 40.1 Å². The highest BCUT2D eigenvalue weighted by molar-refractivity contribution is 8.15. The van der Waals surface area contributed by atoms with E-state index in [4.69, 9.17) is 9.84 Å². The largest absolute Gasteiger partial charge is 0.497 e. The monoisotopic (exact) mass is 502 g/mol. The Hall–Kier alpha value is -3.98. The fourth-order valence-electron chi connectivity index (χ4n) is 4.12. The van der Waals surface area contributed by atoms with Crippen LogP contribution >= 0.6 is 11.8 Å². The average Bonchev–Trinajstić information content (AvgIpc) is 3.50. The summed E-state index contributed by atoms with van der Waals surface area (Å²) in [6.07, 6.45) is 0.506. The first-order chi connectivity index (χ1) is 17.5. The fourth-order valence-corrected chi connectivity index (χ4v) is 5.18. The van der Waals surface area contributed by atoms with Crippen molar-refractivity contribution in [3.8, 4) is 5.75 Å². The van der Waals surface area contributed by atoms with Gasteiger partial charge in [0.15, 0.2) is 5.17 Å². The third kappa shape index (κ3) is 5.01. The van der Waals surface area contributed by atoms with Crippen molar-refractivity contribution in [2.75, 3.05) is 12.4 Å². The first-order valence-corrected chi connectivity index (χ1v) is 12.3. The number of ether oxygens (including phenoxy) is 1. The van der Waals surface area contributed by atoms with Crippen LogP contribution < -0.4 is 10.1 Å². The van der Waals surface area contributed by atoms with E-state index in [9.17, 15) is 14.0 Å². The number of anilines is 1. The number of carbonyl (C=O) groups is 2. The molecule has 0 fully saturated rings. The van der Waals surface area contributed by atoms with Crippen LogP contribution in [0.2, 0.25) is 0 Å². The van der Waals surface area contributed by atoms with Crippen molar-refractivity contribution >= 4 is 40.1 Å². The Morgan fingerprint density at radius 1 is 1.08 bits per heavy atom. The third-order valence-electron chi connectivity index (χ3n) is 5.96. The Kier molecular flexibility index (Phi) is 6.81. The lowest BCUT2D eigenvalue weighted by Crippen LogP contribution is -2.25. The maximum atomic E-state index is 13.9. The van der Waals surface area contributed by atoms with Gasteiger partial charge in [-0.05, 0) is 47.5 Å².